The van der Waals surface area contributed by atoms with Gasteiger partial charge in [-0.2, -0.15) is 0 Å². The van der Waals surface area contributed by atoms with Crippen LogP contribution in [0.3, 0.4) is 0 Å². The molecule has 3 nitrogen and oxygen atoms in total. The highest BCUT2D eigenvalue weighted by Gasteiger charge is 2.16. The molecule has 1 amide bonds. The summed E-state index contributed by atoms with van der Waals surface area (Å²) >= 11 is 0. The molecule has 2 unspecified atom stereocenters. The Balaban J connectivity index is 2.48. The van der Waals surface area contributed by atoms with Crippen molar-refractivity contribution in [1.29, 1.82) is 0 Å². The van der Waals surface area contributed by atoms with Gasteiger partial charge in [-0.15, -0.1) is 0 Å². The van der Waals surface area contributed by atoms with Crippen molar-refractivity contribution in [3.05, 3.63) is 35.6 Å². The highest BCUT2D eigenvalue weighted by molar-refractivity contribution is 5.79. The van der Waals surface area contributed by atoms with E-state index in [1.807, 2.05) is 13.8 Å². The summed E-state index contributed by atoms with van der Waals surface area (Å²) < 4.78 is 12.7. The fourth-order valence-corrected chi connectivity index (χ4v) is 1.84. The lowest BCUT2D eigenvalue weighted by Gasteiger charge is -2.18. The van der Waals surface area contributed by atoms with Gasteiger partial charge in [0, 0.05) is 18.5 Å². The Morgan fingerprint density at radius 2 is 2.00 bits per heavy atom. The molecule has 0 aliphatic heterocycles. The number of amides is 1. The highest BCUT2D eigenvalue weighted by atomic mass is 19.1. The van der Waals surface area contributed by atoms with Crippen molar-refractivity contribution in [3.63, 3.8) is 0 Å². The Labute approximate surface area is 108 Å². The molecule has 3 N–H and O–H groups in total. The van der Waals surface area contributed by atoms with Crippen molar-refractivity contribution in [2.45, 2.75) is 32.7 Å². The molecule has 0 aliphatic carbocycles. The molecule has 0 saturated heterocycles. The fraction of sp³-hybridized carbons (Fsp3) is 0.500. The number of nitrogens with one attached hydrogen (secondary N) is 1. The van der Waals surface area contributed by atoms with Gasteiger partial charge in [-0.05, 0) is 37.5 Å². The molecule has 1 rings (SSSR count). The van der Waals surface area contributed by atoms with E-state index in [9.17, 15) is 9.18 Å². The summed E-state index contributed by atoms with van der Waals surface area (Å²) in [5.41, 5.74) is 6.53. The van der Waals surface area contributed by atoms with Crippen molar-refractivity contribution in [1.82, 2.24) is 5.32 Å². The molecule has 0 saturated carbocycles. The lowest BCUT2D eigenvalue weighted by Crippen LogP contribution is -2.40. The molecule has 0 aromatic heterocycles. The third-order valence-electron chi connectivity index (χ3n) is 2.99. The first-order chi connectivity index (χ1) is 8.56. The van der Waals surface area contributed by atoms with E-state index in [-0.39, 0.29) is 23.7 Å². The van der Waals surface area contributed by atoms with Crippen LogP contribution in [-0.2, 0) is 11.2 Å². The van der Waals surface area contributed by atoms with Crippen LogP contribution in [0, 0.1) is 11.7 Å². The number of benzene rings is 1. The number of carbonyl (C=O) groups is 1. The maximum absolute atomic E-state index is 12.7. The van der Waals surface area contributed by atoms with Gasteiger partial charge in [0.05, 0.1) is 0 Å². The molecule has 0 spiro atoms. The Morgan fingerprint density at radius 1 is 1.39 bits per heavy atom. The lowest BCUT2D eigenvalue weighted by molar-refractivity contribution is -0.125. The van der Waals surface area contributed by atoms with Crippen LogP contribution < -0.4 is 11.1 Å². The zero-order valence-electron chi connectivity index (χ0n) is 10.9. The minimum Gasteiger partial charge on any atom is -0.353 e. The van der Waals surface area contributed by atoms with Gasteiger partial charge in [0.1, 0.15) is 5.82 Å². The molecule has 4 heteroatoms. The summed E-state index contributed by atoms with van der Waals surface area (Å²) in [6, 6.07) is 6.34. The average Bonchev–Trinajstić information content (AvgIpc) is 2.33. The molecule has 0 bridgehead atoms. The van der Waals surface area contributed by atoms with Gasteiger partial charge in [-0.1, -0.05) is 19.1 Å². The van der Waals surface area contributed by atoms with E-state index >= 15 is 0 Å². The number of hydrogen-bond donors (Lipinski definition) is 2. The monoisotopic (exact) mass is 252 g/mol. The number of nitrogens with two attached hydrogens (primary N) is 1. The molecule has 0 radical (unpaired) electrons. The molecule has 0 heterocycles. The topological polar surface area (TPSA) is 55.1 Å². The molecule has 18 heavy (non-hydrogen) atoms. The van der Waals surface area contributed by atoms with Gasteiger partial charge in [0.2, 0.25) is 5.91 Å². The summed E-state index contributed by atoms with van der Waals surface area (Å²) in [5.74, 6) is -0.375. The van der Waals surface area contributed by atoms with Crippen LogP contribution >= 0.6 is 0 Å². The number of carbonyl (C=O) groups excluding carboxylic acids is 1. The quantitative estimate of drug-likeness (QED) is 0.812. The number of halogens is 1. The van der Waals surface area contributed by atoms with E-state index in [1.54, 1.807) is 12.1 Å². The predicted octanol–water partition coefficient (Wildman–Crippen LogP) is 1.86. The van der Waals surface area contributed by atoms with E-state index in [0.29, 0.717) is 13.0 Å². The van der Waals surface area contributed by atoms with E-state index < -0.39 is 0 Å². The average molecular weight is 252 g/mol. The third-order valence-corrected chi connectivity index (χ3v) is 2.99. The van der Waals surface area contributed by atoms with Crippen LogP contribution in [0.15, 0.2) is 24.3 Å². The summed E-state index contributed by atoms with van der Waals surface area (Å²) in [6.45, 7) is 4.25. The summed E-state index contributed by atoms with van der Waals surface area (Å²) in [6.07, 6.45) is 1.43. The first kappa shape index (κ1) is 14.6. The minimum absolute atomic E-state index is 0.00499. The van der Waals surface area contributed by atoms with Gasteiger partial charge in [-0.3, -0.25) is 4.79 Å². The standard InChI is InChI=1S/C14H21FN2O/c1-3-12(9-16)14(18)17-10(2)8-11-4-6-13(15)7-5-11/h4-7,10,12H,3,8-9,16H2,1-2H3,(H,17,18). The third kappa shape index (κ3) is 4.45. The Morgan fingerprint density at radius 3 is 2.50 bits per heavy atom. The summed E-state index contributed by atoms with van der Waals surface area (Å²) in [5, 5.41) is 2.93. The SMILES string of the molecule is CCC(CN)C(=O)NC(C)Cc1ccc(F)cc1. The van der Waals surface area contributed by atoms with E-state index in [0.717, 1.165) is 12.0 Å². The van der Waals surface area contributed by atoms with Crippen LogP contribution in [-0.4, -0.2) is 18.5 Å². The van der Waals surface area contributed by atoms with Crippen LogP contribution in [0.25, 0.3) is 0 Å². The second-order valence-electron chi connectivity index (χ2n) is 4.58. The second-order valence-corrected chi connectivity index (χ2v) is 4.58. The van der Waals surface area contributed by atoms with Gasteiger partial charge in [0.25, 0.3) is 0 Å². The maximum Gasteiger partial charge on any atom is 0.224 e. The maximum atomic E-state index is 12.7. The van der Waals surface area contributed by atoms with Gasteiger partial charge < -0.3 is 11.1 Å². The molecule has 2 atom stereocenters. The van der Waals surface area contributed by atoms with Crippen molar-refractivity contribution >= 4 is 5.91 Å². The Kier molecular flexibility index (Phi) is 5.78. The molecule has 1 aromatic rings. The molecular formula is C14H21FN2O. The zero-order chi connectivity index (χ0) is 13.5. The van der Waals surface area contributed by atoms with Crippen molar-refractivity contribution in [2.75, 3.05) is 6.54 Å². The largest absolute Gasteiger partial charge is 0.353 e. The number of rotatable bonds is 6. The summed E-state index contributed by atoms with van der Waals surface area (Å²) in [7, 11) is 0. The lowest BCUT2D eigenvalue weighted by atomic mass is 10.0. The predicted molar refractivity (Wildman–Crippen MR) is 70.5 cm³/mol. The van der Waals surface area contributed by atoms with Crippen LogP contribution in [0.1, 0.15) is 25.8 Å². The number of hydrogen-bond acceptors (Lipinski definition) is 2. The van der Waals surface area contributed by atoms with Crippen LogP contribution in [0.4, 0.5) is 4.39 Å². The molecule has 0 aliphatic rings. The first-order valence-corrected chi connectivity index (χ1v) is 6.31. The van der Waals surface area contributed by atoms with Gasteiger partial charge >= 0.3 is 0 Å². The zero-order valence-corrected chi connectivity index (χ0v) is 10.9. The van der Waals surface area contributed by atoms with E-state index in [4.69, 9.17) is 5.73 Å². The smallest absolute Gasteiger partial charge is 0.224 e. The Hall–Kier alpha value is -1.42. The first-order valence-electron chi connectivity index (χ1n) is 6.31. The van der Waals surface area contributed by atoms with Gasteiger partial charge in [-0.25, -0.2) is 4.39 Å². The van der Waals surface area contributed by atoms with E-state index in [1.165, 1.54) is 12.1 Å². The minimum atomic E-state index is -0.246. The highest BCUT2D eigenvalue weighted by Crippen LogP contribution is 2.07. The molecular weight excluding hydrogens is 231 g/mol. The molecule has 100 valence electrons. The van der Waals surface area contributed by atoms with Crippen molar-refractivity contribution < 1.29 is 9.18 Å². The van der Waals surface area contributed by atoms with Crippen LogP contribution in [0.2, 0.25) is 0 Å². The van der Waals surface area contributed by atoms with Crippen molar-refractivity contribution in [2.24, 2.45) is 11.7 Å². The van der Waals surface area contributed by atoms with Gasteiger partial charge in [0.15, 0.2) is 0 Å². The molecule has 0 fully saturated rings. The Bertz CT molecular complexity index is 374. The normalized spacial score (nSPS) is 14.0. The summed E-state index contributed by atoms with van der Waals surface area (Å²) in [4.78, 5) is 11.8. The second kappa shape index (κ2) is 7.11. The molecule has 1 aromatic carbocycles. The fourth-order valence-electron chi connectivity index (χ4n) is 1.84. The van der Waals surface area contributed by atoms with Crippen LogP contribution in [0.5, 0.6) is 0 Å². The van der Waals surface area contributed by atoms with E-state index in [2.05, 4.69) is 5.32 Å². The van der Waals surface area contributed by atoms with Crippen molar-refractivity contribution in [3.8, 4) is 0 Å².